The molecule has 2 N–H and O–H groups in total. The Kier molecular flexibility index (Phi) is 4.08. The molecule has 1 saturated carbocycles. The van der Waals surface area contributed by atoms with Crippen LogP contribution >= 0.6 is 0 Å². The highest BCUT2D eigenvalue weighted by molar-refractivity contribution is 5.99. The molecular weight excluding hydrogens is 243 g/mol. The van der Waals surface area contributed by atoms with Gasteiger partial charge in [-0.1, -0.05) is 19.8 Å². The third-order valence-electron chi connectivity index (χ3n) is 4.02. The Bertz CT molecular complexity index is 475. The van der Waals surface area contributed by atoms with E-state index in [9.17, 15) is 9.18 Å². The van der Waals surface area contributed by atoms with Gasteiger partial charge in [0.15, 0.2) is 0 Å². The van der Waals surface area contributed by atoms with Crippen molar-refractivity contribution < 1.29 is 9.18 Å². The topological polar surface area (TPSA) is 46.3 Å². The first-order chi connectivity index (χ1) is 8.99. The Morgan fingerprint density at radius 2 is 2.16 bits per heavy atom. The third kappa shape index (κ3) is 3.06. The standard InChI is InChI=1S/C15H21FN2O/c1-10-4-3-5-12(8-10)18(2)15(19)13-7-6-11(16)9-14(13)17/h6-7,9-10,12H,3-5,8,17H2,1-2H3. The van der Waals surface area contributed by atoms with Crippen LogP contribution in [0.25, 0.3) is 0 Å². The van der Waals surface area contributed by atoms with Crippen molar-refractivity contribution in [3.05, 3.63) is 29.6 Å². The highest BCUT2D eigenvalue weighted by Gasteiger charge is 2.26. The van der Waals surface area contributed by atoms with Gasteiger partial charge in [-0.05, 0) is 37.0 Å². The molecule has 3 nitrogen and oxygen atoms in total. The van der Waals surface area contributed by atoms with E-state index in [1.54, 1.807) is 4.90 Å². The SMILES string of the molecule is CC1CCCC(N(C)C(=O)c2ccc(F)cc2N)C1. The van der Waals surface area contributed by atoms with Crippen LogP contribution in [0.5, 0.6) is 0 Å². The zero-order chi connectivity index (χ0) is 14.0. The fraction of sp³-hybridized carbons (Fsp3) is 0.533. The first-order valence-corrected chi connectivity index (χ1v) is 6.81. The van der Waals surface area contributed by atoms with Crippen LogP contribution < -0.4 is 5.73 Å². The summed E-state index contributed by atoms with van der Waals surface area (Å²) < 4.78 is 13.0. The molecule has 0 aliphatic heterocycles. The Morgan fingerprint density at radius 1 is 1.42 bits per heavy atom. The lowest BCUT2D eigenvalue weighted by Gasteiger charge is -2.34. The van der Waals surface area contributed by atoms with E-state index in [0.29, 0.717) is 11.5 Å². The van der Waals surface area contributed by atoms with E-state index in [2.05, 4.69) is 6.92 Å². The van der Waals surface area contributed by atoms with Crippen LogP contribution in [0.4, 0.5) is 10.1 Å². The number of anilines is 1. The summed E-state index contributed by atoms with van der Waals surface area (Å²) in [4.78, 5) is 14.2. The fourth-order valence-corrected chi connectivity index (χ4v) is 2.84. The Morgan fingerprint density at radius 3 is 2.79 bits per heavy atom. The molecule has 0 aromatic heterocycles. The summed E-state index contributed by atoms with van der Waals surface area (Å²) in [6.07, 6.45) is 4.45. The van der Waals surface area contributed by atoms with E-state index < -0.39 is 5.82 Å². The molecule has 2 atom stereocenters. The van der Waals surface area contributed by atoms with Crippen LogP contribution in [-0.2, 0) is 0 Å². The highest BCUT2D eigenvalue weighted by Crippen LogP contribution is 2.28. The second-order valence-electron chi connectivity index (χ2n) is 5.57. The first-order valence-electron chi connectivity index (χ1n) is 6.81. The normalized spacial score (nSPS) is 23.1. The lowest BCUT2D eigenvalue weighted by Crippen LogP contribution is -2.40. The van der Waals surface area contributed by atoms with Gasteiger partial charge in [0.05, 0.1) is 5.56 Å². The van der Waals surface area contributed by atoms with Crippen molar-refractivity contribution in [3.63, 3.8) is 0 Å². The minimum atomic E-state index is -0.414. The summed E-state index contributed by atoms with van der Waals surface area (Å²) in [5.41, 5.74) is 6.33. The van der Waals surface area contributed by atoms with Crippen molar-refractivity contribution >= 4 is 11.6 Å². The molecule has 1 amide bonds. The summed E-state index contributed by atoms with van der Waals surface area (Å²) in [5, 5.41) is 0. The van der Waals surface area contributed by atoms with E-state index in [-0.39, 0.29) is 17.6 Å². The smallest absolute Gasteiger partial charge is 0.255 e. The van der Waals surface area contributed by atoms with E-state index in [4.69, 9.17) is 5.73 Å². The molecule has 0 radical (unpaired) electrons. The number of hydrogen-bond donors (Lipinski definition) is 1. The van der Waals surface area contributed by atoms with Crippen molar-refractivity contribution in [3.8, 4) is 0 Å². The summed E-state index contributed by atoms with van der Waals surface area (Å²) in [6, 6.07) is 4.21. The van der Waals surface area contributed by atoms with Gasteiger partial charge in [0, 0.05) is 18.8 Å². The molecule has 1 aliphatic carbocycles. The zero-order valence-corrected chi connectivity index (χ0v) is 11.5. The van der Waals surface area contributed by atoms with Gasteiger partial charge in [-0.3, -0.25) is 4.79 Å². The maximum absolute atomic E-state index is 13.0. The maximum atomic E-state index is 13.0. The highest BCUT2D eigenvalue weighted by atomic mass is 19.1. The lowest BCUT2D eigenvalue weighted by atomic mass is 9.86. The molecule has 0 heterocycles. The van der Waals surface area contributed by atoms with Crippen molar-refractivity contribution in [1.82, 2.24) is 4.90 Å². The van der Waals surface area contributed by atoms with Crippen LogP contribution in [0.2, 0.25) is 0 Å². The Balaban J connectivity index is 2.14. The number of carbonyl (C=O) groups excluding carboxylic acids is 1. The van der Waals surface area contributed by atoms with Gasteiger partial charge in [0.2, 0.25) is 0 Å². The number of rotatable bonds is 2. The van der Waals surface area contributed by atoms with Crippen LogP contribution in [-0.4, -0.2) is 23.9 Å². The molecule has 19 heavy (non-hydrogen) atoms. The molecule has 1 aliphatic rings. The van der Waals surface area contributed by atoms with Gasteiger partial charge >= 0.3 is 0 Å². The van der Waals surface area contributed by atoms with Gasteiger partial charge in [-0.2, -0.15) is 0 Å². The van der Waals surface area contributed by atoms with Crippen LogP contribution in [0.15, 0.2) is 18.2 Å². The van der Waals surface area contributed by atoms with Gasteiger partial charge in [0.25, 0.3) is 5.91 Å². The predicted molar refractivity (Wildman–Crippen MR) is 74.3 cm³/mol. The Labute approximate surface area is 113 Å². The number of hydrogen-bond acceptors (Lipinski definition) is 2. The van der Waals surface area contributed by atoms with Crippen molar-refractivity contribution in [2.24, 2.45) is 5.92 Å². The number of carbonyl (C=O) groups is 1. The molecule has 0 saturated heterocycles. The van der Waals surface area contributed by atoms with Crippen LogP contribution in [0.3, 0.4) is 0 Å². The molecule has 1 aromatic rings. The largest absolute Gasteiger partial charge is 0.398 e. The van der Waals surface area contributed by atoms with Crippen molar-refractivity contribution in [2.45, 2.75) is 38.6 Å². The quantitative estimate of drug-likeness (QED) is 0.834. The van der Waals surface area contributed by atoms with Crippen molar-refractivity contribution in [2.75, 3.05) is 12.8 Å². The van der Waals surface area contributed by atoms with Gasteiger partial charge < -0.3 is 10.6 Å². The van der Waals surface area contributed by atoms with E-state index in [1.807, 2.05) is 7.05 Å². The number of benzene rings is 1. The van der Waals surface area contributed by atoms with Gasteiger partial charge in [-0.15, -0.1) is 0 Å². The fourth-order valence-electron chi connectivity index (χ4n) is 2.84. The summed E-state index contributed by atoms with van der Waals surface area (Å²) >= 11 is 0. The molecule has 1 fully saturated rings. The third-order valence-corrected chi connectivity index (χ3v) is 4.02. The number of nitrogen functional groups attached to an aromatic ring is 1. The molecule has 4 heteroatoms. The number of nitrogens with zero attached hydrogens (tertiary/aromatic N) is 1. The first kappa shape index (κ1) is 13.8. The zero-order valence-electron chi connectivity index (χ0n) is 11.5. The molecule has 1 aromatic carbocycles. The second kappa shape index (κ2) is 5.59. The minimum Gasteiger partial charge on any atom is -0.398 e. The number of halogens is 1. The van der Waals surface area contributed by atoms with E-state index >= 15 is 0 Å². The van der Waals surface area contributed by atoms with E-state index in [0.717, 1.165) is 19.3 Å². The van der Waals surface area contributed by atoms with Crippen molar-refractivity contribution in [1.29, 1.82) is 0 Å². The maximum Gasteiger partial charge on any atom is 0.255 e. The van der Waals surface area contributed by atoms with Crippen LogP contribution in [0, 0.1) is 11.7 Å². The summed E-state index contributed by atoms with van der Waals surface area (Å²) in [6.45, 7) is 2.22. The Hall–Kier alpha value is -1.58. The lowest BCUT2D eigenvalue weighted by molar-refractivity contribution is 0.0673. The number of nitrogens with two attached hydrogens (primary N) is 1. The monoisotopic (exact) mass is 264 g/mol. The molecule has 2 unspecified atom stereocenters. The molecule has 2 rings (SSSR count). The average molecular weight is 264 g/mol. The van der Waals surface area contributed by atoms with Gasteiger partial charge in [-0.25, -0.2) is 4.39 Å². The van der Waals surface area contributed by atoms with Gasteiger partial charge in [0.1, 0.15) is 5.82 Å². The summed E-state index contributed by atoms with van der Waals surface area (Å²) in [5.74, 6) is 0.124. The van der Waals surface area contributed by atoms with E-state index in [1.165, 1.54) is 24.6 Å². The predicted octanol–water partition coefficient (Wildman–Crippen LogP) is 3.06. The molecule has 104 valence electrons. The minimum absolute atomic E-state index is 0.114. The van der Waals surface area contributed by atoms with Crippen LogP contribution in [0.1, 0.15) is 43.0 Å². The molecular formula is C15H21FN2O. The number of amides is 1. The summed E-state index contributed by atoms with van der Waals surface area (Å²) in [7, 11) is 1.81. The second-order valence-corrected chi connectivity index (χ2v) is 5.57. The molecule has 0 bridgehead atoms. The average Bonchev–Trinajstić information content (AvgIpc) is 2.37. The molecule has 0 spiro atoms.